The minimum absolute atomic E-state index is 0.577. The molecule has 2 heterocycles. The van der Waals surface area contributed by atoms with Gasteiger partial charge in [0.1, 0.15) is 5.58 Å². The molecule has 94 valence electrons. The molecule has 1 fully saturated rings. The van der Waals surface area contributed by atoms with Crippen LogP contribution in [-0.4, -0.2) is 16.0 Å². The summed E-state index contributed by atoms with van der Waals surface area (Å²) in [5.74, 6) is 0.718. The molecule has 4 heteroatoms. The number of benzene rings is 1. The highest BCUT2D eigenvalue weighted by Crippen LogP contribution is 2.26. The van der Waals surface area contributed by atoms with Crippen LogP contribution in [0.3, 0.4) is 0 Å². The maximum Gasteiger partial charge on any atom is 0.222 e. The molecular formula is C15H13N3O. The van der Waals surface area contributed by atoms with Crippen molar-refractivity contribution < 1.29 is 4.42 Å². The Morgan fingerprint density at radius 3 is 2.68 bits per heavy atom. The van der Waals surface area contributed by atoms with E-state index in [9.17, 15) is 0 Å². The highest BCUT2D eigenvalue weighted by molar-refractivity contribution is 5.83. The lowest BCUT2D eigenvalue weighted by atomic mass is 10.1. The number of nitrogens with one attached hydrogen (secondary N) is 1. The molecule has 1 aliphatic rings. The third kappa shape index (κ3) is 2.05. The predicted octanol–water partition coefficient (Wildman–Crippen LogP) is 3.46. The first kappa shape index (κ1) is 10.6. The summed E-state index contributed by atoms with van der Waals surface area (Å²) in [7, 11) is 0. The van der Waals surface area contributed by atoms with Crippen molar-refractivity contribution in [1.29, 1.82) is 0 Å². The number of rotatable bonds is 3. The SMILES string of the molecule is c1cc2cc(-c3cnc(NC4CC4)nc3)ccc2o1. The van der Waals surface area contributed by atoms with Crippen molar-refractivity contribution >= 4 is 16.9 Å². The zero-order chi connectivity index (χ0) is 12.7. The molecule has 4 rings (SSSR count). The summed E-state index contributed by atoms with van der Waals surface area (Å²) in [5, 5.41) is 4.38. The quantitative estimate of drug-likeness (QED) is 0.774. The molecule has 0 amide bonds. The van der Waals surface area contributed by atoms with Gasteiger partial charge in [0.05, 0.1) is 6.26 Å². The number of fused-ring (bicyclic) bond motifs is 1. The van der Waals surface area contributed by atoms with Crippen molar-refractivity contribution in [2.45, 2.75) is 18.9 Å². The van der Waals surface area contributed by atoms with E-state index >= 15 is 0 Å². The third-order valence-corrected chi connectivity index (χ3v) is 3.35. The maximum atomic E-state index is 5.34. The minimum Gasteiger partial charge on any atom is -0.464 e. The molecule has 1 aromatic carbocycles. The van der Waals surface area contributed by atoms with Crippen molar-refractivity contribution in [2.75, 3.05) is 5.32 Å². The van der Waals surface area contributed by atoms with Crippen LogP contribution in [0.4, 0.5) is 5.95 Å². The lowest BCUT2D eigenvalue weighted by Gasteiger charge is -2.04. The van der Waals surface area contributed by atoms with Crippen molar-refractivity contribution in [3.63, 3.8) is 0 Å². The Kier molecular flexibility index (Phi) is 2.27. The van der Waals surface area contributed by atoms with Gasteiger partial charge in [-0.3, -0.25) is 0 Å². The van der Waals surface area contributed by atoms with E-state index in [4.69, 9.17) is 4.42 Å². The van der Waals surface area contributed by atoms with Crippen LogP contribution in [0.25, 0.3) is 22.1 Å². The van der Waals surface area contributed by atoms with Crippen LogP contribution in [0.2, 0.25) is 0 Å². The molecule has 1 N–H and O–H groups in total. The molecule has 1 aliphatic carbocycles. The van der Waals surface area contributed by atoms with Crippen molar-refractivity contribution in [2.24, 2.45) is 0 Å². The van der Waals surface area contributed by atoms with E-state index in [0.717, 1.165) is 28.0 Å². The summed E-state index contributed by atoms with van der Waals surface area (Å²) in [6.45, 7) is 0. The van der Waals surface area contributed by atoms with Gasteiger partial charge >= 0.3 is 0 Å². The lowest BCUT2D eigenvalue weighted by molar-refractivity contribution is 0.616. The van der Waals surface area contributed by atoms with Crippen LogP contribution in [0.1, 0.15) is 12.8 Å². The lowest BCUT2D eigenvalue weighted by Crippen LogP contribution is -2.04. The standard InChI is InChI=1S/C15H13N3O/c1-4-14-11(5-6-19-14)7-10(1)12-8-16-15(17-9-12)18-13-2-3-13/h1,4-9,13H,2-3H2,(H,16,17,18). The fourth-order valence-electron chi connectivity index (χ4n) is 2.11. The molecule has 0 spiro atoms. The van der Waals surface area contributed by atoms with Gasteiger partial charge in [0.25, 0.3) is 0 Å². The number of anilines is 1. The summed E-state index contributed by atoms with van der Waals surface area (Å²) < 4.78 is 5.34. The van der Waals surface area contributed by atoms with Gasteiger partial charge in [0.15, 0.2) is 0 Å². The molecule has 0 atom stereocenters. The number of hydrogen-bond acceptors (Lipinski definition) is 4. The smallest absolute Gasteiger partial charge is 0.222 e. The first-order valence-corrected chi connectivity index (χ1v) is 6.45. The monoisotopic (exact) mass is 251 g/mol. The van der Waals surface area contributed by atoms with Gasteiger partial charge in [0.2, 0.25) is 5.95 Å². The first-order valence-electron chi connectivity index (χ1n) is 6.45. The topological polar surface area (TPSA) is 51.0 Å². The van der Waals surface area contributed by atoms with Crippen LogP contribution in [-0.2, 0) is 0 Å². The second-order valence-corrected chi connectivity index (χ2v) is 4.89. The molecule has 0 saturated heterocycles. The molecule has 0 bridgehead atoms. The zero-order valence-electron chi connectivity index (χ0n) is 10.3. The highest BCUT2D eigenvalue weighted by atomic mass is 16.3. The van der Waals surface area contributed by atoms with Crippen molar-refractivity contribution in [3.05, 3.63) is 42.9 Å². The van der Waals surface area contributed by atoms with Crippen LogP contribution >= 0.6 is 0 Å². The second-order valence-electron chi connectivity index (χ2n) is 4.89. The largest absolute Gasteiger partial charge is 0.464 e. The summed E-state index contributed by atoms with van der Waals surface area (Å²) >= 11 is 0. The fraction of sp³-hybridized carbons (Fsp3) is 0.200. The normalized spacial score (nSPS) is 14.7. The van der Waals surface area contributed by atoms with E-state index in [-0.39, 0.29) is 0 Å². The average molecular weight is 251 g/mol. The molecule has 3 aromatic rings. The third-order valence-electron chi connectivity index (χ3n) is 3.35. The Hall–Kier alpha value is -2.36. The van der Waals surface area contributed by atoms with Gasteiger partial charge in [0, 0.05) is 29.4 Å². The van der Waals surface area contributed by atoms with E-state index in [1.807, 2.05) is 30.6 Å². The summed E-state index contributed by atoms with van der Waals surface area (Å²) in [6.07, 6.45) is 7.87. The van der Waals surface area contributed by atoms with Crippen LogP contribution in [0.5, 0.6) is 0 Å². The second kappa shape index (κ2) is 4.09. The van der Waals surface area contributed by atoms with Gasteiger partial charge in [-0.2, -0.15) is 0 Å². The van der Waals surface area contributed by atoms with Crippen LogP contribution < -0.4 is 5.32 Å². The first-order chi connectivity index (χ1) is 9.38. The maximum absolute atomic E-state index is 5.34. The molecule has 0 unspecified atom stereocenters. The Bertz CT molecular complexity index is 714. The number of furan rings is 1. The fourth-order valence-corrected chi connectivity index (χ4v) is 2.11. The number of hydrogen-bond donors (Lipinski definition) is 1. The molecule has 0 aliphatic heterocycles. The molecule has 2 aromatic heterocycles. The summed E-state index contributed by atoms with van der Waals surface area (Å²) in [5.41, 5.74) is 3.02. The Labute approximate surface area is 110 Å². The van der Waals surface area contributed by atoms with E-state index in [1.165, 1.54) is 12.8 Å². The van der Waals surface area contributed by atoms with Gasteiger partial charge < -0.3 is 9.73 Å². The Morgan fingerprint density at radius 1 is 1.05 bits per heavy atom. The van der Waals surface area contributed by atoms with E-state index in [0.29, 0.717) is 6.04 Å². The van der Waals surface area contributed by atoms with Crippen LogP contribution in [0.15, 0.2) is 47.3 Å². The average Bonchev–Trinajstić information content (AvgIpc) is 3.14. The van der Waals surface area contributed by atoms with E-state index in [1.54, 1.807) is 6.26 Å². The van der Waals surface area contributed by atoms with Crippen LogP contribution in [0, 0.1) is 0 Å². The number of aromatic nitrogens is 2. The molecule has 19 heavy (non-hydrogen) atoms. The molecule has 1 saturated carbocycles. The van der Waals surface area contributed by atoms with Gasteiger partial charge in [-0.25, -0.2) is 9.97 Å². The molecular weight excluding hydrogens is 238 g/mol. The van der Waals surface area contributed by atoms with Gasteiger partial charge in [-0.15, -0.1) is 0 Å². The summed E-state index contributed by atoms with van der Waals surface area (Å²) in [4.78, 5) is 8.71. The highest BCUT2D eigenvalue weighted by Gasteiger charge is 2.21. The molecule has 4 nitrogen and oxygen atoms in total. The Morgan fingerprint density at radius 2 is 1.89 bits per heavy atom. The zero-order valence-corrected chi connectivity index (χ0v) is 10.3. The van der Waals surface area contributed by atoms with Gasteiger partial charge in [-0.05, 0) is 36.6 Å². The molecule has 0 radical (unpaired) electrons. The summed E-state index contributed by atoms with van der Waals surface area (Å²) in [6, 6.07) is 8.63. The number of nitrogens with zero attached hydrogens (tertiary/aromatic N) is 2. The van der Waals surface area contributed by atoms with Gasteiger partial charge in [-0.1, -0.05) is 6.07 Å². The Balaban J connectivity index is 1.66. The van der Waals surface area contributed by atoms with Crippen molar-refractivity contribution in [1.82, 2.24) is 9.97 Å². The predicted molar refractivity (Wildman–Crippen MR) is 73.9 cm³/mol. The minimum atomic E-state index is 0.577. The van der Waals surface area contributed by atoms with E-state index in [2.05, 4.69) is 21.4 Å². The van der Waals surface area contributed by atoms with Crippen molar-refractivity contribution in [3.8, 4) is 11.1 Å². The van der Waals surface area contributed by atoms with E-state index < -0.39 is 0 Å².